The number of hydrogen-bond acceptors (Lipinski definition) is 4. The summed E-state index contributed by atoms with van der Waals surface area (Å²) in [6.45, 7) is 20.8. The van der Waals surface area contributed by atoms with Crippen molar-refractivity contribution >= 4 is 22.7 Å². The minimum absolute atomic E-state index is 0.246. The molecule has 0 atom stereocenters. The van der Waals surface area contributed by atoms with Crippen LogP contribution < -0.4 is 4.57 Å². The van der Waals surface area contributed by atoms with Gasteiger partial charge in [0.05, 0.1) is 0 Å². The molecule has 0 amide bonds. The van der Waals surface area contributed by atoms with Gasteiger partial charge in [-0.2, -0.15) is 0 Å². The average Bonchev–Trinajstić information content (AvgIpc) is 2.55. The Morgan fingerprint density at radius 1 is 0.846 bits per heavy atom. The molecule has 0 aromatic heterocycles. The Kier molecular flexibility index (Phi) is 9.02. The maximum absolute atomic E-state index is 6.08. The third-order valence-electron chi connectivity index (χ3n) is 5.31. The van der Waals surface area contributed by atoms with E-state index in [1.165, 1.54) is 5.69 Å². The van der Waals surface area contributed by atoms with Crippen molar-refractivity contribution in [2.45, 2.75) is 65.7 Å². The van der Waals surface area contributed by atoms with Crippen molar-refractivity contribution in [2.24, 2.45) is 0 Å². The van der Waals surface area contributed by atoms with Crippen LogP contribution in [0.15, 0.2) is 30.3 Å². The molecule has 0 bridgehead atoms. The minimum atomic E-state index is -2.65. The van der Waals surface area contributed by atoms with Gasteiger partial charge in [0.1, 0.15) is 0 Å². The molecule has 4 nitrogen and oxygen atoms in total. The highest BCUT2D eigenvalue weighted by molar-refractivity contribution is 6.83. The Bertz CT molecular complexity index is 501. The standard InChI is InChI=1S/C20H39NO3Si2/c1-9-22-26(23-10-2,24-11-3)18-17-21(19-15-13-12-14-16-19)25(7,8)20(4,5)6/h12-16H,9-11,17-18H2,1-8H3. The molecule has 1 aromatic rings. The summed E-state index contributed by atoms with van der Waals surface area (Å²) in [7, 11) is -4.40. The Labute approximate surface area is 163 Å². The number of para-hydroxylation sites is 1. The first-order valence-corrected chi connectivity index (χ1v) is 14.8. The Balaban J connectivity index is 3.16. The van der Waals surface area contributed by atoms with Crippen molar-refractivity contribution in [3.05, 3.63) is 30.3 Å². The van der Waals surface area contributed by atoms with E-state index in [2.05, 4.69) is 68.8 Å². The van der Waals surface area contributed by atoms with E-state index >= 15 is 0 Å². The van der Waals surface area contributed by atoms with Crippen molar-refractivity contribution in [1.82, 2.24) is 0 Å². The largest absolute Gasteiger partial charge is 0.502 e. The van der Waals surface area contributed by atoms with Crippen LogP contribution in [0, 0.1) is 0 Å². The zero-order chi connectivity index (χ0) is 19.8. The van der Waals surface area contributed by atoms with E-state index in [9.17, 15) is 0 Å². The molecule has 0 heterocycles. The first kappa shape index (κ1) is 23.4. The van der Waals surface area contributed by atoms with E-state index in [-0.39, 0.29) is 5.04 Å². The molecule has 0 saturated carbocycles. The maximum atomic E-state index is 6.08. The first-order chi connectivity index (χ1) is 12.1. The van der Waals surface area contributed by atoms with Gasteiger partial charge in [-0.05, 0) is 37.9 Å². The van der Waals surface area contributed by atoms with Gasteiger partial charge in [0.2, 0.25) is 0 Å². The summed E-state index contributed by atoms with van der Waals surface area (Å²) < 4.78 is 20.9. The van der Waals surface area contributed by atoms with Crippen LogP contribution in [0.3, 0.4) is 0 Å². The highest BCUT2D eigenvalue weighted by Crippen LogP contribution is 2.40. The van der Waals surface area contributed by atoms with Crippen LogP contribution in [0.5, 0.6) is 0 Å². The molecule has 0 aliphatic carbocycles. The molecule has 0 spiro atoms. The molecule has 1 aromatic carbocycles. The van der Waals surface area contributed by atoms with E-state index in [4.69, 9.17) is 13.3 Å². The summed E-state index contributed by atoms with van der Waals surface area (Å²) in [5.41, 5.74) is 1.28. The van der Waals surface area contributed by atoms with Gasteiger partial charge in [0, 0.05) is 38.1 Å². The van der Waals surface area contributed by atoms with Gasteiger partial charge < -0.3 is 17.8 Å². The van der Waals surface area contributed by atoms with E-state index in [1.807, 2.05) is 20.8 Å². The summed E-state index contributed by atoms with van der Waals surface area (Å²) in [4.78, 5) is 0. The molecule has 0 unspecified atom stereocenters. The molecule has 0 radical (unpaired) electrons. The number of nitrogens with zero attached hydrogens (tertiary/aromatic N) is 1. The molecule has 26 heavy (non-hydrogen) atoms. The zero-order valence-electron chi connectivity index (χ0n) is 18.1. The molecular formula is C20H39NO3Si2. The monoisotopic (exact) mass is 397 g/mol. The number of rotatable bonds is 11. The molecular weight excluding hydrogens is 358 g/mol. The van der Waals surface area contributed by atoms with Crippen molar-refractivity contribution in [1.29, 1.82) is 0 Å². The first-order valence-electron chi connectivity index (χ1n) is 9.88. The van der Waals surface area contributed by atoms with Gasteiger partial charge in [-0.1, -0.05) is 52.1 Å². The normalized spacial score (nSPS) is 13.1. The predicted octanol–water partition coefficient (Wildman–Crippen LogP) is 5.55. The second-order valence-corrected chi connectivity index (χ2v) is 15.9. The Morgan fingerprint density at radius 2 is 1.31 bits per heavy atom. The fourth-order valence-electron chi connectivity index (χ4n) is 2.99. The van der Waals surface area contributed by atoms with Crippen molar-refractivity contribution in [3.63, 3.8) is 0 Å². The number of benzene rings is 1. The molecule has 6 heteroatoms. The summed E-state index contributed by atoms with van der Waals surface area (Å²) in [6.07, 6.45) is 0. The SMILES string of the molecule is CCO[Si](CCN(c1ccccc1)[Si](C)(C)C(C)(C)C)(OCC)OCC. The second kappa shape index (κ2) is 10.0. The predicted molar refractivity (Wildman–Crippen MR) is 116 cm³/mol. The van der Waals surface area contributed by atoms with Crippen LogP contribution in [-0.4, -0.2) is 43.4 Å². The van der Waals surface area contributed by atoms with Crippen LogP contribution in [0.1, 0.15) is 41.5 Å². The average molecular weight is 398 g/mol. The van der Waals surface area contributed by atoms with Crippen LogP contribution in [0.2, 0.25) is 24.2 Å². The van der Waals surface area contributed by atoms with Gasteiger partial charge in [0.15, 0.2) is 8.24 Å². The van der Waals surface area contributed by atoms with E-state index in [0.29, 0.717) is 19.8 Å². The topological polar surface area (TPSA) is 30.9 Å². The van der Waals surface area contributed by atoms with E-state index in [0.717, 1.165) is 12.6 Å². The van der Waals surface area contributed by atoms with Crippen molar-refractivity contribution in [3.8, 4) is 0 Å². The van der Waals surface area contributed by atoms with Crippen LogP contribution in [0.4, 0.5) is 5.69 Å². The summed E-state index contributed by atoms with van der Waals surface area (Å²) in [6, 6.07) is 11.6. The molecule has 0 aliphatic heterocycles. The maximum Gasteiger partial charge on any atom is 0.502 e. The third kappa shape index (κ3) is 5.92. The number of anilines is 1. The van der Waals surface area contributed by atoms with Gasteiger partial charge in [0.25, 0.3) is 0 Å². The minimum Gasteiger partial charge on any atom is -0.397 e. The molecule has 1 rings (SSSR count). The van der Waals surface area contributed by atoms with E-state index in [1.54, 1.807) is 0 Å². The van der Waals surface area contributed by atoms with Crippen LogP contribution >= 0.6 is 0 Å². The number of hydrogen-bond donors (Lipinski definition) is 0. The lowest BCUT2D eigenvalue weighted by atomic mass is 10.2. The highest BCUT2D eigenvalue weighted by atomic mass is 28.4. The fraction of sp³-hybridized carbons (Fsp3) is 0.700. The van der Waals surface area contributed by atoms with Gasteiger partial charge >= 0.3 is 8.80 Å². The lowest BCUT2D eigenvalue weighted by molar-refractivity contribution is 0.0720. The smallest absolute Gasteiger partial charge is 0.397 e. The Morgan fingerprint density at radius 3 is 1.69 bits per heavy atom. The van der Waals surface area contributed by atoms with Gasteiger partial charge in [-0.3, -0.25) is 0 Å². The summed E-state index contributed by atoms with van der Waals surface area (Å²) >= 11 is 0. The lowest BCUT2D eigenvalue weighted by Gasteiger charge is -2.48. The Hall–Kier alpha value is -0.666. The van der Waals surface area contributed by atoms with Crippen molar-refractivity contribution in [2.75, 3.05) is 30.9 Å². The van der Waals surface area contributed by atoms with Crippen LogP contribution in [0.25, 0.3) is 0 Å². The molecule has 0 aliphatic rings. The van der Waals surface area contributed by atoms with Crippen LogP contribution in [-0.2, 0) is 13.3 Å². The van der Waals surface area contributed by atoms with E-state index < -0.39 is 17.0 Å². The molecule has 0 fully saturated rings. The second-order valence-electron chi connectivity index (χ2n) is 8.03. The summed E-state index contributed by atoms with van der Waals surface area (Å²) in [5.74, 6) is 0. The molecule has 150 valence electrons. The highest BCUT2D eigenvalue weighted by Gasteiger charge is 2.45. The summed E-state index contributed by atoms with van der Waals surface area (Å²) in [5, 5.41) is 0.246. The van der Waals surface area contributed by atoms with Crippen molar-refractivity contribution < 1.29 is 13.3 Å². The van der Waals surface area contributed by atoms with Gasteiger partial charge in [-0.25, -0.2) is 0 Å². The quantitative estimate of drug-likeness (QED) is 0.458. The molecule has 0 saturated heterocycles. The fourth-order valence-corrected chi connectivity index (χ4v) is 7.99. The zero-order valence-corrected chi connectivity index (χ0v) is 20.1. The lowest BCUT2D eigenvalue weighted by Crippen LogP contribution is -2.58. The third-order valence-corrected chi connectivity index (χ3v) is 13.8. The molecule has 0 N–H and O–H groups in total. The van der Waals surface area contributed by atoms with Gasteiger partial charge in [-0.15, -0.1) is 0 Å².